The molecule has 0 radical (unpaired) electrons. The summed E-state index contributed by atoms with van der Waals surface area (Å²) in [6, 6.07) is 5.85. The summed E-state index contributed by atoms with van der Waals surface area (Å²) in [5.41, 5.74) is 2.80. The zero-order valence-corrected chi connectivity index (χ0v) is 14.0. The number of ketones is 1. The molecule has 1 saturated carbocycles. The van der Waals surface area contributed by atoms with Crippen molar-refractivity contribution in [2.45, 2.75) is 45.4 Å². The third kappa shape index (κ3) is 3.69. The number of carbonyl (C=O) groups excluding carboxylic acids is 1. The maximum Gasteiger partial charge on any atom is 0.163 e. The quantitative estimate of drug-likeness (QED) is 0.849. The normalized spacial score (nSPS) is 18.6. The zero-order chi connectivity index (χ0) is 16.2. The van der Waals surface area contributed by atoms with Gasteiger partial charge in [-0.1, -0.05) is 12.8 Å². The molecule has 3 rings (SSSR count). The molecule has 4 heteroatoms. The average molecular weight is 315 g/mol. The molecule has 0 atom stereocenters. The monoisotopic (exact) mass is 315 g/mol. The van der Waals surface area contributed by atoms with Gasteiger partial charge in [-0.2, -0.15) is 0 Å². The van der Waals surface area contributed by atoms with E-state index in [0.717, 1.165) is 41.5 Å². The Labute approximate surface area is 137 Å². The van der Waals surface area contributed by atoms with Gasteiger partial charge in [-0.05, 0) is 44.2 Å². The van der Waals surface area contributed by atoms with Crippen LogP contribution in [0.4, 0.5) is 5.69 Å². The second-order valence-electron chi connectivity index (χ2n) is 6.48. The fourth-order valence-corrected chi connectivity index (χ4v) is 3.36. The molecule has 1 aromatic carbocycles. The van der Waals surface area contributed by atoms with Crippen molar-refractivity contribution in [1.82, 2.24) is 0 Å². The van der Waals surface area contributed by atoms with Gasteiger partial charge in [-0.15, -0.1) is 0 Å². The molecule has 1 fully saturated rings. The van der Waals surface area contributed by atoms with Crippen LogP contribution >= 0.6 is 0 Å². The van der Waals surface area contributed by atoms with Crippen LogP contribution in [0.1, 0.15) is 45.4 Å². The standard InChI is InChI=1S/C19H25NO3/c1-13-16(8-9-17(13)21)20-15-7-10-18(22-2)19(11-15)23-12-14-5-3-4-6-14/h7,10-11,14,20H,3-6,8-9,12H2,1-2H3. The molecule has 23 heavy (non-hydrogen) atoms. The van der Waals surface area contributed by atoms with Crippen LogP contribution in [0.25, 0.3) is 0 Å². The van der Waals surface area contributed by atoms with E-state index in [-0.39, 0.29) is 5.78 Å². The Kier molecular flexibility index (Phi) is 4.89. The maximum absolute atomic E-state index is 11.6. The van der Waals surface area contributed by atoms with Gasteiger partial charge in [-0.25, -0.2) is 0 Å². The van der Waals surface area contributed by atoms with Gasteiger partial charge < -0.3 is 14.8 Å². The van der Waals surface area contributed by atoms with E-state index < -0.39 is 0 Å². The number of nitrogens with one attached hydrogen (secondary N) is 1. The molecule has 2 aliphatic rings. The van der Waals surface area contributed by atoms with E-state index in [1.165, 1.54) is 25.7 Å². The number of ether oxygens (including phenoxy) is 2. The molecule has 1 N–H and O–H groups in total. The summed E-state index contributed by atoms with van der Waals surface area (Å²) in [5.74, 6) is 2.42. The summed E-state index contributed by atoms with van der Waals surface area (Å²) in [7, 11) is 1.66. The third-order valence-corrected chi connectivity index (χ3v) is 4.88. The van der Waals surface area contributed by atoms with Crippen LogP contribution in [-0.2, 0) is 4.79 Å². The molecule has 0 heterocycles. The number of benzene rings is 1. The number of hydrogen-bond acceptors (Lipinski definition) is 4. The van der Waals surface area contributed by atoms with Crippen molar-refractivity contribution in [3.63, 3.8) is 0 Å². The summed E-state index contributed by atoms with van der Waals surface area (Å²) in [6.45, 7) is 2.64. The smallest absolute Gasteiger partial charge is 0.163 e. The first kappa shape index (κ1) is 15.9. The molecular formula is C19H25NO3. The summed E-state index contributed by atoms with van der Waals surface area (Å²) < 4.78 is 11.4. The van der Waals surface area contributed by atoms with E-state index in [4.69, 9.17) is 9.47 Å². The molecule has 2 aliphatic carbocycles. The summed E-state index contributed by atoms with van der Waals surface area (Å²) in [4.78, 5) is 11.6. The van der Waals surface area contributed by atoms with E-state index in [1.54, 1.807) is 7.11 Å². The van der Waals surface area contributed by atoms with Crippen LogP contribution in [0.15, 0.2) is 29.5 Å². The van der Waals surface area contributed by atoms with Gasteiger partial charge in [0.1, 0.15) is 0 Å². The average Bonchev–Trinajstić information content (AvgIpc) is 3.19. The molecule has 0 spiro atoms. The number of rotatable bonds is 6. The summed E-state index contributed by atoms with van der Waals surface area (Å²) in [6.07, 6.45) is 6.54. The van der Waals surface area contributed by atoms with Crippen LogP contribution in [-0.4, -0.2) is 19.5 Å². The van der Waals surface area contributed by atoms with Crippen molar-refractivity contribution in [1.29, 1.82) is 0 Å². The highest BCUT2D eigenvalue weighted by molar-refractivity contribution is 5.98. The lowest BCUT2D eigenvalue weighted by molar-refractivity contribution is -0.114. The molecule has 0 aliphatic heterocycles. The summed E-state index contributed by atoms with van der Waals surface area (Å²) in [5, 5.41) is 3.36. The second-order valence-corrected chi connectivity index (χ2v) is 6.48. The molecule has 0 saturated heterocycles. The zero-order valence-electron chi connectivity index (χ0n) is 14.0. The fraction of sp³-hybridized carbons (Fsp3) is 0.526. The van der Waals surface area contributed by atoms with E-state index in [1.807, 2.05) is 25.1 Å². The maximum atomic E-state index is 11.6. The predicted molar refractivity (Wildman–Crippen MR) is 91.0 cm³/mol. The molecule has 0 amide bonds. The molecule has 1 aromatic rings. The first-order chi connectivity index (χ1) is 11.2. The van der Waals surface area contributed by atoms with Gasteiger partial charge in [0.15, 0.2) is 17.3 Å². The SMILES string of the molecule is COc1ccc(NC2=C(C)C(=O)CC2)cc1OCC1CCCC1. The Bertz CT molecular complexity index is 615. The van der Waals surface area contributed by atoms with Crippen molar-refractivity contribution in [3.05, 3.63) is 29.5 Å². The lowest BCUT2D eigenvalue weighted by Crippen LogP contribution is -2.09. The number of hydrogen-bond donors (Lipinski definition) is 1. The first-order valence-electron chi connectivity index (χ1n) is 8.48. The van der Waals surface area contributed by atoms with Crippen molar-refractivity contribution in [3.8, 4) is 11.5 Å². The van der Waals surface area contributed by atoms with Crippen molar-refractivity contribution < 1.29 is 14.3 Å². The second kappa shape index (κ2) is 7.07. The lowest BCUT2D eigenvalue weighted by atomic mass is 10.1. The van der Waals surface area contributed by atoms with Gasteiger partial charge in [0, 0.05) is 29.4 Å². The minimum absolute atomic E-state index is 0.235. The Hall–Kier alpha value is -1.97. The molecule has 0 bridgehead atoms. The predicted octanol–water partition coefficient (Wildman–Crippen LogP) is 4.31. The fourth-order valence-electron chi connectivity index (χ4n) is 3.36. The first-order valence-corrected chi connectivity index (χ1v) is 8.48. The van der Waals surface area contributed by atoms with Crippen molar-refractivity contribution in [2.24, 2.45) is 5.92 Å². The number of anilines is 1. The van der Waals surface area contributed by atoms with Crippen LogP contribution < -0.4 is 14.8 Å². The van der Waals surface area contributed by atoms with Crippen LogP contribution in [0.5, 0.6) is 11.5 Å². The molecular weight excluding hydrogens is 290 g/mol. The highest BCUT2D eigenvalue weighted by Gasteiger charge is 2.20. The van der Waals surface area contributed by atoms with Gasteiger partial charge in [0.05, 0.1) is 13.7 Å². The topological polar surface area (TPSA) is 47.6 Å². The van der Waals surface area contributed by atoms with E-state index >= 15 is 0 Å². The van der Waals surface area contributed by atoms with Gasteiger partial charge in [-0.3, -0.25) is 4.79 Å². The van der Waals surface area contributed by atoms with Gasteiger partial charge >= 0.3 is 0 Å². The Morgan fingerprint density at radius 3 is 2.61 bits per heavy atom. The van der Waals surface area contributed by atoms with Crippen LogP contribution in [0.2, 0.25) is 0 Å². The minimum Gasteiger partial charge on any atom is -0.493 e. The lowest BCUT2D eigenvalue weighted by Gasteiger charge is -2.16. The Balaban J connectivity index is 1.71. The number of methoxy groups -OCH3 is 1. The largest absolute Gasteiger partial charge is 0.493 e. The highest BCUT2D eigenvalue weighted by atomic mass is 16.5. The molecule has 0 unspecified atom stereocenters. The van der Waals surface area contributed by atoms with Gasteiger partial charge in [0.2, 0.25) is 0 Å². The molecule has 124 valence electrons. The third-order valence-electron chi connectivity index (χ3n) is 4.88. The highest BCUT2D eigenvalue weighted by Crippen LogP contribution is 2.34. The number of allylic oxidation sites excluding steroid dienone is 2. The summed E-state index contributed by atoms with van der Waals surface area (Å²) >= 11 is 0. The molecule has 0 aromatic heterocycles. The van der Waals surface area contributed by atoms with Crippen molar-refractivity contribution in [2.75, 3.05) is 19.0 Å². The van der Waals surface area contributed by atoms with Crippen molar-refractivity contribution >= 4 is 11.5 Å². The Morgan fingerprint density at radius 2 is 1.96 bits per heavy atom. The number of carbonyl (C=O) groups is 1. The number of Topliss-reactive ketones (excluding diaryl/α,β-unsaturated/α-hetero) is 1. The Morgan fingerprint density at radius 1 is 1.17 bits per heavy atom. The van der Waals surface area contributed by atoms with Crippen LogP contribution in [0, 0.1) is 5.92 Å². The van der Waals surface area contributed by atoms with E-state index in [2.05, 4.69) is 5.32 Å². The van der Waals surface area contributed by atoms with E-state index in [0.29, 0.717) is 12.3 Å². The van der Waals surface area contributed by atoms with Gasteiger partial charge in [0.25, 0.3) is 0 Å². The minimum atomic E-state index is 0.235. The van der Waals surface area contributed by atoms with E-state index in [9.17, 15) is 4.79 Å². The van der Waals surface area contributed by atoms with Crippen LogP contribution in [0.3, 0.4) is 0 Å². The molecule has 4 nitrogen and oxygen atoms in total.